The van der Waals surface area contributed by atoms with Crippen LogP contribution in [0.25, 0.3) is 0 Å². The monoisotopic (exact) mass is 162 g/mol. The van der Waals surface area contributed by atoms with Crippen LogP contribution < -0.4 is 0 Å². The minimum atomic E-state index is 0.901. The largest absolute Gasteiger partial charge is 0.0941 e. The van der Waals surface area contributed by atoms with Crippen LogP contribution in [0.15, 0.2) is 0 Å². The lowest BCUT2D eigenvalue weighted by molar-refractivity contribution is 0.417. The fourth-order valence-electron chi connectivity index (χ4n) is 1.00. The Morgan fingerprint density at radius 2 is 2.11 bits per heavy atom. The maximum Gasteiger partial charge on any atom is 0.00680 e. The molecule has 9 heavy (non-hydrogen) atoms. The molecule has 1 rings (SSSR count). The van der Waals surface area contributed by atoms with Crippen LogP contribution in [-0.4, -0.2) is 11.5 Å². The molecule has 1 saturated heterocycles. The molecule has 0 radical (unpaired) electrons. The molecule has 0 unspecified atom stereocenters. The Morgan fingerprint density at radius 3 is 2.44 bits per heavy atom. The van der Waals surface area contributed by atoms with Gasteiger partial charge in [-0.1, -0.05) is 35.4 Å². The third kappa shape index (κ3) is 2.42. The van der Waals surface area contributed by atoms with E-state index >= 15 is 0 Å². The van der Waals surface area contributed by atoms with Gasteiger partial charge in [-0.25, -0.2) is 0 Å². The van der Waals surface area contributed by atoms with Crippen LogP contribution in [0, 0.1) is 11.8 Å². The standard InChI is InChI=1S/C7H14S2/c1-6(2)7-3-4-8-9-5-7/h6-7H,3-5H2,1-2H3/t7-/m0/s1. The number of hydrogen-bond acceptors (Lipinski definition) is 2. The van der Waals surface area contributed by atoms with Gasteiger partial charge >= 0.3 is 0 Å². The molecule has 0 aromatic heterocycles. The first-order chi connectivity index (χ1) is 4.30. The summed E-state index contributed by atoms with van der Waals surface area (Å²) in [5.41, 5.74) is 0. The molecule has 0 aromatic rings. The summed E-state index contributed by atoms with van der Waals surface area (Å²) in [6.07, 6.45) is 1.44. The molecule has 1 atom stereocenters. The topological polar surface area (TPSA) is 0 Å². The van der Waals surface area contributed by atoms with E-state index in [0.717, 1.165) is 11.8 Å². The Kier molecular flexibility index (Phi) is 3.27. The van der Waals surface area contributed by atoms with E-state index in [9.17, 15) is 0 Å². The smallest absolute Gasteiger partial charge is 0.00680 e. The van der Waals surface area contributed by atoms with Gasteiger partial charge in [0.25, 0.3) is 0 Å². The van der Waals surface area contributed by atoms with Gasteiger partial charge in [0.2, 0.25) is 0 Å². The Bertz CT molecular complexity index is 75.0. The molecule has 0 saturated carbocycles. The van der Waals surface area contributed by atoms with Crippen molar-refractivity contribution in [2.45, 2.75) is 20.3 Å². The maximum absolute atomic E-state index is 2.33. The van der Waals surface area contributed by atoms with Crippen LogP contribution >= 0.6 is 21.6 Å². The van der Waals surface area contributed by atoms with Gasteiger partial charge in [-0.2, -0.15) is 0 Å². The molecule has 0 N–H and O–H groups in total. The molecule has 0 aliphatic carbocycles. The zero-order valence-electron chi connectivity index (χ0n) is 6.09. The van der Waals surface area contributed by atoms with E-state index in [1.165, 1.54) is 17.9 Å². The minimum Gasteiger partial charge on any atom is -0.0941 e. The third-order valence-corrected chi connectivity index (χ3v) is 4.42. The lowest BCUT2D eigenvalue weighted by Gasteiger charge is -2.23. The predicted octanol–water partition coefficient (Wildman–Crippen LogP) is 3.04. The average molecular weight is 162 g/mol. The highest BCUT2D eigenvalue weighted by Crippen LogP contribution is 2.35. The van der Waals surface area contributed by atoms with Gasteiger partial charge in [-0.05, 0) is 18.3 Å². The first-order valence-electron chi connectivity index (χ1n) is 3.55. The molecule has 54 valence electrons. The molecule has 1 fully saturated rings. The molecule has 1 aliphatic heterocycles. The van der Waals surface area contributed by atoms with Crippen LogP contribution in [0.1, 0.15) is 20.3 Å². The second-order valence-corrected chi connectivity index (χ2v) is 5.53. The number of rotatable bonds is 1. The fraction of sp³-hybridized carbons (Fsp3) is 1.00. The van der Waals surface area contributed by atoms with Gasteiger partial charge in [0.05, 0.1) is 0 Å². The van der Waals surface area contributed by atoms with Crippen molar-refractivity contribution >= 4 is 21.6 Å². The highest BCUT2D eigenvalue weighted by Gasteiger charge is 2.16. The predicted molar refractivity (Wildman–Crippen MR) is 47.9 cm³/mol. The van der Waals surface area contributed by atoms with Crippen LogP contribution in [0.3, 0.4) is 0 Å². The first kappa shape index (κ1) is 7.80. The van der Waals surface area contributed by atoms with Gasteiger partial charge in [-0.3, -0.25) is 0 Å². The van der Waals surface area contributed by atoms with E-state index in [4.69, 9.17) is 0 Å². The van der Waals surface area contributed by atoms with Crippen molar-refractivity contribution in [2.75, 3.05) is 11.5 Å². The van der Waals surface area contributed by atoms with Gasteiger partial charge in [0.15, 0.2) is 0 Å². The van der Waals surface area contributed by atoms with E-state index in [0.29, 0.717) is 0 Å². The van der Waals surface area contributed by atoms with E-state index in [1.54, 1.807) is 0 Å². The van der Waals surface area contributed by atoms with Crippen molar-refractivity contribution in [2.24, 2.45) is 11.8 Å². The summed E-state index contributed by atoms with van der Waals surface area (Å²) in [4.78, 5) is 0. The van der Waals surface area contributed by atoms with E-state index in [-0.39, 0.29) is 0 Å². The van der Waals surface area contributed by atoms with Crippen LogP contribution in [0.5, 0.6) is 0 Å². The molecule has 1 aliphatic rings. The Balaban J connectivity index is 2.23. The molecule has 0 amide bonds. The zero-order valence-corrected chi connectivity index (χ0v) is 7.73. The summed E-state index contributed by atoms with van der Waals surface area (Å²) in [5.74, 6) is 4.64. The van der Waals surface area contributed by atoms with E-state index in [2.05, 4.69) is 13.8 Å². The van der Waals surface area contributed by atoms with Gasteiger partial charge in [0, 0.05) is 11.5 Å². The van der Waals surface area contributed by atoms with Crippen molar-refractivity contribution < 1.29 is 0 Å². The van der Waals surface area contributed by atoms with Gasteiger partial charge in [0.1, 0.15) is 0 Å². The van der Waals surface area contributed by atoms with E-state index in [1.807, 2.05) is 21.6 Å². The quantitative estimate of drug-likeness (QED) is 0.544. The van der Waals surface area contributed by atoms with Crippen LogP contribution in [0.4, 0.5) is 0 Å². The summed E-state index contributed by atoms with van der Waals surface area (Å²) in [7, 11) is 4.08. The fourth-order valence-corrected chi connectivity index (χ4v) is 3.80. The highest BCUT2D eigenvalue weighted by atomic mass is 33.1. The molecule has 0 aromatic carbocycles. The SMILES string of the molecule is CC(C)[C@H]1CCSSC1. The summed E-state index contributed by atoms with van der Waals surface area (Å²) in [6.45, 7) is 4.67. The Labute approximate surface area is 65.6 Å². The van der Waals surface area contributed by atoms with Gasteiger partial charge in [-0.15, -0.1) is 0 Å². The summed E-state index contributed by atoms with van der Waals surface area (Å²) in [6, 6.07) is 0. The van der Waals surface area contributed by atoms with Crippen molar-refractivity contribution in [3.8, 4) is 0 Å². The molecule has 0 nitrogen and oxygen atoms in total. The first-order valence-corrected chi connectivity index (χ1v) is 6.04. The van der Waals surface area contributed by atoms with E-state index < -0.39 is 0 Å². The maximum atomic E-state index is 2.33. The number of hydrogen-bond donors (Lipinski definition) is 0. The lowest BCUT2D eigenvalue weighted by atomic mass is 9.95. The minimum absolute atomic E-state index is 0.901. The average Bonchev–Trinajstić information content (AvgIpc) is 1.90. The summed E-state index contributed by atoms with van der Waals surface area (Å²) >= 11 is 0. The Morgan fingerprint density at radius 1 is 1.33 bits per heavy atom. The molecule has 2 heteroatoms. The van der Waals surface area contributed by atoms with Crippen molar-refractivity contribution in [1.82, 2.24) is 0 Å². The molecule has 0 bridgehead atoms. The second-order valence-electron chi connectivity index (χ2n) is 2.90. The highest BCUT2D eigenvalue weighted by molar-refractivity contribution is 8.76. The zero-order chi connectivity index (χ0) is 6.69. The van der Waals surface area contributed by atoms with Crippen LogP contribution in [-0.2, 0) is 0 Å². The molecule has 0 spiro atoms. The lowest BCUT2D eigenvalue weighted by Crippen LogP contribution is -2.14. The summed E-state index contributed by atoms with van der Waals surface area (Å²) in [5, 5.41) is 0. The Hall–Kier alpha value is 0.700. The van der Waals surface area contributed by atoms with Crippen LogP contribution in [0.2, 0.25) is 0 Å². The normalized spacial score (nSPS) is 29.0. The summed E-state index contributed by atoms with van der Waals surface area (Å²) < 4.78 is 0. The van der Waals surface area contributed by atoms with Crippen molar-refractivity contribution in [1.29, 1.82) is 0 Å². The van der Waals surface area contributed by atoms with Crippen molar-refractivity contribution in [3.05, 3.63) is 0 Å². The molecular formula is C7H14S2. The van der Waals surface area contributed by atoms with Gasteiger partial charge < -0.3 is 0 Å². The second kappa shape index (κ2) is 3.77. The molecular weight excluding hydrogens is 148 g/mol. The molecule has 1 heterocycles. The van der Waals surface area contributed by atoms with Crippen molar-refractivity contribution in [3.63, 3.8) is 0 Å². The third-order valence-electron chi connectivity index (χ3n) is 1.88.